The molecule has 0 aromatic carbocycles. The fraction of sp³-hybridized carbons (Fsp3) is 0.571. The number of rotatable bonds is 4. The first kappa shape index (κ1) is 13.6. The zero-order valence-electron chi connectivity index (χ0n) is 11.4. The van der Waals surface area contributed by atoms with Crippen LogP contribution in [0.25, 0.3) is 0 Å². The molecule has 1 aliphatic carbocycles. The first-order valence-corrected chi connectivity index (χ1v) is 8.01. The lowest BCUT2D eigenvalue weighted by Gasteiger charge is -2.34. The minimum atomic E-state index is 0.0782. The van der Waals surface area contributed by atoms with Gasteiger partial charge < -0.3 is 15.1 Å². The zero-order chi connectivity index (χ0) is 13.9. The largest absolute Gasteiger partial charge is 0.338 e. The predicted molar refractivity (Wildman–Crippen MR) is 77.8 cm³/mol. The standard InChI is InChI=1S/C14H19N3O2S/c18-13(9-15-12-1-2-12)16-4-6-17(7-5-16)14(19)11-3-8-20-10-11/h3,8,10,12,15H,1-2,4-7,9H2. The van der Waals surface area contributed by atoms with Crippen LogP contribution in [0, 0.1) is 0 Å². The van der Waals surface area contributed by atoms with Crippen LogP contribution in [0.3, 0.4) is 0 Å². The molecular formula is C14H19N3O2S. The van der Waals surface area contributed by atoms with Crippen LogP contribution in [0.1, 0.15) is 23.2 Å². The van der Waals surface area contributed by atoms with E-state index in [2.05, 4.69) is 5.32 Å². The summed E-state index contributed by atoms with van der Waals surface area (Å²) in [6.07, 6.45) is 2.38. The molecule has 1 N–H and O–H groups in total. The second kappa shape index (κ2) is 5.93. The Kier molecular flexibility index (Phi) is 4.03. The van der Waals surface area contributed by atoms with Gasteiger partial charge in [-0.3, -0.25) is 9.59 Å². The summed E-state index contributed by atoms with van der Waals surface area (Å²) < 4.78 is 0. The minimum absolute atomic E-state index is 0.0782. The van der Waals surface area contributed by atoms with Crippen molar-refractivity contribution in [3.8, 4) is 0 Å². The van der Waals surface area contributed by atoms with Gasteiger partial charge >= 0.3 is 0 Å². The lowest BCUT2D eigenvalue weighted by molar-refractivity contribution is -0.131. The van der Waals surface area contributed by atoms with Crippen molar-refractivity contribution in [1.29, 1.82) is 0 Å². The van der Waals surface area contributed by atoms with Gasteiger partial charge in [0.2, 0.25) is 5.91 Å². The average Bonchev–Trinajstić information content (AvgIpc) is 3.16. The molecule has 0 unspecified atom stereocenters. The third kappa shape index (κ3) is 3.19. The van der Waals surface area contributed by atoms with Crippen molar-refractivity contribution in [3.05, 3.63) is 22.4 Å². The number of nitrogens with one attached hydrogen (secondary N) is 1. The van der Waals surface area contributed by atoms with E-state index in [-0.39, 0.29) is 11.8 Å². The van der Waals surface area contributed by atoms with Crippen molar-refractivity contribution < 1.29 is 9.59 Å². The van der Waals surface area contributed by atoms with Gasteiger partial charge in [-0.2, -0.15) is 11.3 Å². The number of hydrogen-bond donors (Lipinski definition) is 1. The molecule has 0 radical (unpaired) electrons. The number of carbonyl (C=O) groups excluding carboxylic acids is 2. The molecule has 2 fully saturated rings. The highest BCUT2D eigenvalue weighted by molar-refractivity contribution is 7.08. The number of hydrogen-bond acceptors (Lipinski definition) is 4. The van der Waals surface area contributed by atoms with Gasteiger partial charge in [-0.15, -0.1) is 0 Å². The van der Waals surface area contributed by atoms with Crippen LogP contribution in [-0.2, 0) is 4.79 Å². The topological polar surface area (TPSA) is 52.7 Å². The third-order valence-electron chi connectivity index (χ3n) is 3.81. The van der Waals surface area contributed by atoms with E-state index in [1.54, 1.807) is 0 Å². The molecule has 1 saturated carbocycles. The Balaban J connectivity index is 1.46. The minimum Gasteiger partial charge on any atom is -0.338 e. The summed E-state index contributed by atoms with van der Waals surface area (Å²) in [6.45, 7) is 2.97. The summed E-state index contributed by atoms with van der Waals surface area (Å²) in [7, 11) is 0. The van der Waals surface area contributed by atoms with Gasteiger partial charge in [-0.25, -0.2) is 0 Å². The molecule has 1 aromatic rings. The Morgan fingerprint density at radius 1 is 1.20 bits per heavy atom. The van der Waals surface area contributed by atoms with Crippen LogP contribution < -0.4 is 5.32 Å². The highest BCUT2D eigenvalue weighted by Gasteiger charge is 2.26. The van der Waals surface area contributed by atoms with Gasteiger partial charge in [-0.05, 0) is 24.3 Å². The van der Waals surface area contributed by atoms with E-state index >= 15 is 0 Å². The van der Waals surface area contributed by atoms with Gasteiger partial charge in [0.1, 0.15) is 0 Å². The summed E-state index contributed by atoms with van der Waals surface area (Å²) in [5.41, 5.74) is 0.755. The van der Waals surface area contributed by atoms with E-state index in [4.69, 9.17) is 0 Å². The van der Waals surface area contributed by atoms with E-state index in [0.29, 0.717) is 38.8 Å². The number of amides is 2. The highest BCUT2D eigenvalue weighted by Crippen LogP contribution is 2.18. The van der Waals surface area contributed by atoms with Crippen LogP contribution in [0.15, 0.2) is 16.8 Å². The lowest BCUT2D eigenvalue weighted by Crippen LogP contribution is -2.52. The van der Waals surface area contributed by atoms with Crippen LogP contribution in [0.5, 0.6) is 0 Å². The summed E-state index contributed by atoms with van der Waals surface area (Å²) in [5, 5.41) is 7.03. The van der Waals surface area contributed by atoms with Crippen LogP contribution >= 0.6 is 11.3 Å². The molecule has 5 nitrogen and oxygen atoms in total. The number of thiophene rings is 1. The summed E-state index contributed by atoms with van der Waals surface area (Å²) in [5.74, 6) is 0.231. The molecule has 2 heterocycles. The van der Waals surface area contributed by atoms with E-state index in [1.165, 1.54) is 24.2 Å². The molecule has 1 saturated heterocycles. The Morgan fingerprint density at radius 3 is 2.50 bits per heavy atom. The molecule has 6 heteroatoms. The number of piperazine rings is 1. The van der Waals surface area contributed by atoms with E-state index in [9.17, 15) is 9.59 Å². The number of nitrogens with zero attached hydrogens (tertiary/aromatic N) is 2. The Morgan fingerprint density at radius 2 is 1.90 bits per heavy atom. The quantitative estimate of drug-likeness (QED) is 0.893. The highest BCUT2D eigenvalue weighted by atomic mass is 32.1. The van der Waals surface area contributed by atoms with Gasteiger partial charge in [-0.1, -0.05) is 0 Å². The molecule has 0 bridgehead atoms. The van der Waals surface area contributed by atoms with Gasteiger partial charge in [0, 0.05) is 37.6 Å². The van der Waals surface area contributed by atoms with Crippen molar-refractivity contribution in [1.82, 2.24) is 15.1 Å². The normalized spacial score (nSPS) is 19.2. The molecule has 0 atom stereocenters. The fourth-order valence-electron chi connectivity index (χ4n) is 2.36. The Labute approximate surface area is 122 Å². The molecule has 0 spiro atoms. The van der Waals surface area contributed by atoms with E-state index < -0.39 is 0 Å². The Hall–Kier alpha value is -1.40. The van der Waals surface area contributed by atoms with Gasteiger partial charge in [0.15, 0.2) is 0 Å². The summed E-state index contributed by atoms with van der Waals surface area (Å²) >= 11 is 1.53. The molecule has 2 amide bonds. The molecule has 20 heavy (non-hydrogen) atoms. The van der Waals surface area contributed by atoms with Crippen molar-refractivity contribution in [2.75, 3.05) is 32.7 Å². The SMILES string of the molecule is O=C(CNC1CC1)N1CCN(C(=O)c2ccsc2)CC1. The average molecular weight is 293 g/mol. The van der Waals surface area contributed by atoms with Crippen LogP contribution in [-0.4, -0.2) is 60.4 Å². The van der Waals surface area contributed by atoms with E-state index in [0.717, 1.165) is 5.56 Å². The third-order valence-corrected chi connectivity index (χ3v) is 4.49. The van der Waals surface area contributed by atoms with Gasteiger partial charge in [0.05, 0.1) is 12.1 Å². The maximum atomic E-state index is 12.2. The molecule has 1 aliphatic heterocycles. The maximum Gasteiger partial charge on any atom is 0.254 e. The molecular weight excluding hydrogens is 274 g/mol. The second-order valence-corrected chi connectivity index (χ2v) is 6.12. The predicted octanol–water partition coefficient (Wildman–Crippen LogP) is 0.785. The smallest absolute Gasteiger partial charge is 0.254 e. The van der Waals surface area contributed by atoms with Gasteiger partial charge in [0.25, 0.3) is 5.91 Å². The van der Waals surface area contributed by atoms with Crippen molar-refractivity contribution in [2.24, 2.45) is 0 Å². The second-order valence-electron chi connectivity index (χ2n) is 5.34. The monoisotopic (exact) mass is 293 g/mol. The molecule has 2 aliphatic rings. The zero-order valence-corrected chi connectivity index (χ0v) is 12.2. The van der Waals surface area contributed by atoms with Crippen LogP contribution in [0.2, 0.25) is 0 Å². The maximum absolute atomic E-state index is 12.2. The first-order valence-electron chi connectivity index (χ1n) is 7.06. The molecule has 108 valence electrons. The first-order chi connectivity index (χ1) is 9.74. The summed E-state index contributed by atoms with van der Waals surface area (Å²) in [4.78, 5) is 27.9. The summed E-state index contributed by atoms with van der Waals surface area (Å²) in [6, 6.07) is 2.41. The Bertz CT molecular complexity index is 477. The number of carbonyl (C=O) groups is 2. The fourth-order valence-corrected chi connectivity index (χ4v) is 2.99. The lowest BCUT2D eigenvalue weighted by atomic mass is 10.2. The van der Waals surface area contributed by atoms with Crippen LogP contribution in [0.4, 0.5) is 0 Å². The molecule has 1 aromatic heterocycles. The molecule has 3 rings (SSSR count). The van der Waals surface area contributed by atoms with Crippen molar-refractivity contribution in [3.63, 3.8) is 0 Å². The van der Waals surface area contributed by atoms with Crippen molar-refractivity contribution in [2.45, 2.75) is 18.9 Å². The van der Waals surface area contributed by atoms with Crippen molar-refractivity contribution >= 4 is 23.2 Å². The van der Waals surface area contributed by atoms with E-state index in [1.807, 2.05) is 26.6 Å².